The first kappa shape index (κ1) is 13.8. The fourth-order valence-electron chi connectivity index (χ4n) is 2.31. The van der Waals surface area contributed by atoms with Crippen LogP contribution in [-0.2, 0) is 0 Å². The Bertz CT molecular complexity index is 623. The van der Waals surface area contributed by atoms with Gasteiger partial charge in [0.25, 0.3) is 0 Å². The van der Waals surface area contributed by atoms with Crippen molar-refractivity contribution in [1.29, 1.82) is 0 Å². The highest BCUT2D eigenvalue weighted by Crippen LogP contribution is 2.28. The summed E-state index contributed by atoms with van der Waals surface area (Å²) in [5.41, 5.74) is 4.83. The van der Waals surface area contributed by atoms with Crippen molar-refractivity contribution < 1.29 is 0 Å². The molecule has 108 valence electrons. The molecular formula is C15H16ClN5. The summed E-state index contributed by atoms with van der Waals surface area (Å²) < 4.78 is 0. The lowest BCUT2D eigenvalue weighted by Gasteiger charge is -2.18. The number of anilines is 2. The van der Waals surface area contributed by atoms with Gasteiger partial charge in [-0.1, -0.05) is 41.9 Å². The van der Waals surface area contributed by atoms with E-state index in [-0.39, 0.29) is 0 Å². The summed E-state index contributed by atoms with van der Waals surface area (Å²) in [6.07, 6.45) is 4.12. The van der Waals surface area contributed by atoms with Gasteiger partial charge in [-0.2, -0.15) is 5.10 Å². The molecule has 2 heterocycles. The highest BCUT2D eigenvalue weighted by atomic mass is 35.5. The maximum absolute atomic E-state index is 6.12. The zero-order chi connectivity index (χ0) is 14.5. The molecule has 2 aromatic rings. The lowest BCUT2D eigenvalue weighted by atomic mass is 10.2. The molecule has 1 aromatic carbocycles. The van der Waals surface area contributed by atoms with Crippen LogP contribution in [0.15, 0.2) is 41.5 Å². The van der Waals surface area contributed by atoms with Gasteiger partial charge in [0, 0.05) is 19.2 Å². The molecule has 1 fully saturated rings. The summed E-state index contributed by atoms with van der Waals surface area (Å²) in [5.74, 6) is 0.591. The summed E-state index contributed by atoms with van der Waals surface area (Å²) in [4.78, 5) is 2.23. The molecule has 5 nitrogen and oxygen atoms in total. The number of hydrogen-bond donors (Lipinski definition) is 1. The quantitative estimate of drug-likeness (QED) is 0.696. The standard InChI is InChI=1S/C15H16ClN5/c16-15-13(21-8-4-5-9-21)10-14(19-20-15)18-17-11-12-6-2-1-3-7-12/h1-3,6-7,10-11H,4-5,8-9H2,(H,18,19). The zero-order valence-electron chi connectivity index (χ0n) is 11.5. The number of nitrogens with one attached hydrogen (secondary N) is 1. The fourth-order valence-corrected chi connectivity index (χ4v) is 2.53. The Balaban J connectivity index is 1.71. The van der Waals surface area contributed by atoms with Crippen LogP contribution in [0.25, 0.3) is 0 Å². The van der Waals surface area contributed by atoms with Crippen molar-refractivity contribution in [3.63, 3.8) is 0 Å². The highest BCUT2D eigenvalue weighted by molar-refractivity contribution is 6.32. The van der Waals surface area contributed by atoms with E-state index < -0.39 is 0 Å². The van der Waals surface area contributed by atoms with Crippen molar-refractivity contribution in [3.05, 3.63) is 47.1 Å². The number of hydrogen-bond acceptors (Lipinski definition) is 5. The van der Waals surface area contributed by atoms with E-state index in [4.69, 9.17) is 11.6 Å². The summed E-state index contributed by atoms with van der Waals surface area (Å²) >= 11 is 6.12. The molecule has 1 saturated heterocycles. The van der Waals surface area contributed by atoms with Gasteiger partial charge in [-0.15, -0.1) is 10.2 Å². The molecule has 0 radical (unpaired) electrons. The molecule has 1 N–H and O–H groups in total. The summed E-state index contributed by atoms with van der Waals surface area (Å²) in [7, 11) is 0. The van der Waals surface area contributed by atoms with Gasteiger partial charge in [-0.25, -0.2) is 0 Å². The number of rotatable bonds is 4. The van der Waals surface area contributed by atoms with Crippen molar-refractivity contribution in [2.45, 2.75) is 12.8 Å². The van der Waals surface area contributed by atoms with Crippen LogP contribution in [0.3, 0.4) is 0 Å². The number of hydrazone groups is 1. The molecule has 0 unspecified atom stereocenters. The average Bonchev–Trinajstić information content (AvgIpc) is 3.04. The summed E-state index contributed by atoms with van der Waals surface area (Å²) in [6.45, 7) is 2.02. The van der Waals surface area contributed by atoms with Gasteiger partial charge in [0.2, 0.25) is 0 Å². The molecule has 0 bridgehead atoms. The normalized spacial score (nSPS) is 14.8. The second kappa shape index (κ2) is 6.54. The first-order chi connectivity index (χ1) is 10.3. The van der Waals surface area contributed by atoms with Gasteiger partial charge in [0.05, 0.1) is 11.9 Å². The van der Waals surface area contributed by atoms with Crippen molar-refractivity contribution in [2.24, 2.45) is 5.10 Å². The van der Waals surface area contributed by atoms with Gasteiger partial charge in [-0.3, -0.25) is 5.43 Å². The van der Waals surface area contributed by atoms with Crippen molar-refractivity contribution in [1.82, 2.24) is 10.2 Å². The third-order valence-corrected chi connectivity index (χ3v) is 3.64. The Morgan fingerprint density at radius 2 is 1.90 bits per heavy atom. The van der Waals surface area contributed by atoms with Crippen LogP contribution in [0.1, 0.15) is 18.4 Å². The average molecular weight is 302 g/mol. The lowest BCUT2D eigenvalue weighted by Crippen LogP contribution is -2.18. The Hall–Kier alpha value is -2.14. The number of aromatic nitrogens is 2. The number of nitrogens with zero attached hydrogens (tertiary/aromatic N) is 4. The minimum Gasteiger partial charge on any atom is -0.369 e. The van der Waals surface area contributed by atoms with E-state index in [1.165, 1.54) is 12.8 Å². The molecule has 1 aromatic heterocycles. The largest absolute Gasteiger partial charge is 0.369 e. The Kier molecular flexibility index (Phi) is 4.31. The Labute approximate surface area is 128 Å². The minimum atomic E-state index is 0.439. The maximum atomic E-state index is 6.12. The molecule has 0 spiro atoms. The van der Waals surface area contributed by atoms with E-state index in [1.807, 2.05) is 36.4 Å². The van der Waals surface area contributed by atoms with Crippen molar-refractivity contribution in [2.75, 3.05) is 23.4 Å². The van der Waals surface area contributed by atoms with E-state index in [9.17, 15) is 0 Å². The van der Waals surface area contributed by atoms with Crippen LogP contribution in [0.5, 0.6) is 0 Å². The van der Waals surface area contributed by atoms with Gasteiger partial charge in [-0.05, 0) is 18.4 Å². The second-order valence-corrected chi connectivity index (χ2v) is 5.24. The topological polar surface area (TPSA) is 53.4 Å². The van der Waals surface area contributed by atoms with Crippen LogP contribution >= 0.6 is 11.6 Å². The molecular weight excluding hydrogens is 286 g/mol. The van der Waals surface area contributed by atoms with Gasteiger partial charge >= 0.3 is 0 Å². The van der Waals surface area contributed by atoms with E-state index in [1.54, 1.807) is 6.21 Å². The molecule has 0 atom stereocenters. The van der Waals surface area contributed by atoms with Crippen LogP contribution in [-0.4, -0.2) is 29.5 Å². The summed E-state index contributed by atoms with van der Waals surface area (Å²) in [5, 5.41) is 12.6. The smallest absolute Gasteiger partial charge is 0.175 e. The predicted molar refractivity (Wildman–Crippen MR) is 86.1 cm³/mol. The summed E-state index contributed by atoms with van der Waals surface area (Å²) in [6, 6.07) is 11.8. The van der Waals surface area contributed by atoms with E-state index in [2.05, 4.69) is 25.6 Å². The van der Waals surface area contributed by atoms with Crippen molar-refractivity contribution >= 4 is 29.3 Å². The number of benzene rings is 1. The van der Waals surface area contributed by atoms with Crippen LogP contribution in [0, 0.1) is 0 Å². The molecule has 1 aliphatic heterocycles. The van der Waals surface area contributed by atoms with Crippen LogP contribution in [0.4, 0.5) is 11.5 Å². The molecule has 0 amide bonds. The first-order valence-corrected chi connectivity index (χ1v) is 7.33. The molecule has 6 heteroatoms. The van der Waals surface area contributed by atoms with Gasteiger partial charge < -0.3 is 4.90 Å². The van der Waals surface area contributed by atoms with Gasteiger partial charge in [0.15, 0.2) is 11.0 Å². The molecule has 21 heavy (non-hydrogen) atoms. The lowest BCUT2D eigenvalue weighted by molar-refractivity contribution is 0.936. The molecule has 3 rings (SSSR count). The van der Waals surface area contributed by atoms with Gasteiger partial charge in [0.1, 0.15) is 0 Å². The third kappa shape index (κ3) is 3.49. The number of halogens is 1. The van der Waals surface area contributed by atoms with E-state index >= 15 is 0 Å². The van der Waals surface area contributed by atoms with Crippen molar-refractivity contribution in [3.8, 4) is 0 Å². The highest BCUT2D eigenvalue weighted by Gasteiger charge is 2.17. The third-order valence-electron chi connectivity index (χ3n) is 3.37. The Morgan fingerprint density at radius 3 is 2.67 bits per heavy atom. The monoisotopic (exact) mass is 301 g/mol. The second-order valence-electron chi connectivity index (χ2n) is 4.88. The maximum Gasteiger partial charge on any atom is 0.175 e. The van der Waals surface area contributed by atoms with Crippen LogP contribution < -0.4 is 10.3 Å². The first-order valence-electron chi connectivity index (χ1n) is 6.95. The molecule has 0 saturated carbocycles. The van der Waals surface area contributed by atoms with E-state index in [0.717, 1.165) is 24.3 Å². The zero-order valence-corrected chi connectivity index (χ0v) is 12.3. The minimum absolute atomic E-state index is 0.439. The SMILES string of the molecule is Clc1nnc(NN=Cc2ccccc2)cc1N1CCCC1. The Morgan fingerprint density at radius 1 is 1.14 bits per heavy atom. The molecule has 1 aliphatic rings. The van der Waals surface area contributed by atoms with E-state index in [0.29, 0.717) is 11.0 Å². The van der Waals surface area contributed by atoms with Crippen LogP contribution in [0.2, 0.25) is 5.15 Å². The fraction of sp³-hybridized carbons (Fsp3) is 0.267. The predicted octanol–water partition coefficient (Wildman–Crippen LogP) is 3.18. The molecule has 0 aliphatic carbocycles.